The fourth-order valence-electron chi connectivity index (χ4n) is 1.21. The van der Waals surface area contributed by atoms with Crippen LogP contribution in [0, 0.1) is 38.1 Å². The van der Waals surface area contributed by atoms with Crippen LogP contribution in [0.15, 0.2) is 72.8 Å². The van der Waals surface area contributed by atoms with E-state index in [1.165, 1.54) is 0 Å². The number of hydrogen-bond donors (Lipinski definition) is 0. The molecule has 0 unspecified atom stereocenters. The smallest absolute Gasteiger partial charge is 0 e. The van der Waals surface area contributed by atoms with Crippen molar-refractivity contribution in [1.82, 2.24) is 0 Å². The first-order valence-electron chi connectivity index (χ1n) is 6.48. The van der Waals surface area contributed by atoms with Crippen molar-refractivity contribution < 1.29 is 65.4 Å². The minimum absolute atomic E-state index is 0. The van der Waals surface area contributed by atoms with Crippen LogP contribution >= 0.6 is 0 Å². The molecule has 0 atom stereocenters. The van der Waals surface area contributed by atoms with Gasteiger partial charge in [-0.3, -0.25) is 23.3 Å². The fourth-order valence-corrected chi connectivity index (χ4v) is 1.21. The van der Waals surface area contributed by atoms with Crippen molar-refractivity contribution in [2.45, 2.75) is 13.8 Å². The molecule has 0 N–H and O–H groups in total. The minimum Gasteiger partial charge on any atom is -0.316 e. The molecule has 0 aliphatic carbocycles. The molecular formula is C20H18Y2-4. The van der Waals surface area contributed by atoms with Gasteiger partial charge in [0, 0.05) is 65.4 Å². The summed E-state index contributed by atoms with van der Waals surface area (Å²) >= 11 is 0. The van der Waals surface area contributed by atoms with E-state index >= 15 is 0 Å². The van der Waals surface area contributed by atoms with Crippen LogP contribution < -0.4 is 0 Å². The van der Waals surface area contributed by atoms with E-state index in [0.29, 0.717) is 0 Å². The molecule has 0 saturated heterocycles. The van der Waals surface area contributed by atoms with Crippen molar-refractivity contribution in [3.05, 3.63) is 108 Å². The van der Waals surface area contributed by atoms with Gasteiger partial charge in [0.15, 0.2) is 0 Å². The first kappa shape index (κ1) is 24.1. The Morgan fingerprint density at radius 2 is 0.864 bits per heavy atom. The second kappa shape index (κ2) is 17.2. The Kier molecular flexibility index (Phi) is 18.9. The molecule has 22 heavy (non-hydrogen) atoms. The average molecular weight is 436 g/mol. The first-order valence-corrected chi connectivity index (χ1v) is 6.48. The van der Waals surface area contributed by atoms with Gasteiger partial charge in [-0.1, -0.05) is 0 Å². The molecular weight excluding hydrogens is 418 g/mol. The molecule has 0 spiro atoms. The molecule has 2 radical (unpaired) electrons. The number of benzene rings is 3. The molecule has 0 saturated carbocycles. The van der Waals surface area contributed by atoms with E-state index in [4.69, 9.17) is 0 Å². The van der Waals surface area contributed by atoms with E-state index < -0.39 is 0 Å². The summed E-state index contributed by atoms with van der Waals surface area (Å²) in [4.78, 5) is 0. The summed E-state index contributed by atoms with van der Waals surface area (Å²) < 4.78 is 0. The Labute approximate surface area is 185 Å². The van der Waals surface area contributed by atoms with Gasteiger partial charge in [-0.05, 0) is 0 Å². The third kappa shape index (κ3) is 14.8. The van der Waals surface area contributed by atoms with E-state index in [0.717, 1.165) is 11.1 Å². The van der Waals surface area contributed by atoms with Gasteiger partial charge in [0.2, 0.25) is 0 Å². The Morgan fingerprint density at radius 1 is 0.545 bits per heavy atom. The van der Waals surface area contributed by atoms with E-state index in [-0.39, 0.29) is 65.4 Å². The molecule has 3 rings (SSSR count). The molecule has 3 aromatic carbocycles. The summed E-state index contributed by atoms with van der Waals surface area (Å²) in [5.74, 6) is 0. The van der Waals surface area contributed by atoms with Gasteiger partial charge in [0.25, 0.3) is 0 Å². The largest absolute Gasteiger partial charge is 0.316 e. The van der Waals surface area contributed by atoms with Crippen molar-refractivity contribution in [3.63, 3.8) is 0 Å². The topological polar surface area (TPSA) is 0 Å². The average Bonchev–Trinajstić information content (AvgIpc) is 2.55. The zero-order valence-corrected chi connectivity index (χ0v) is 18.8. The van der Waals surface area contributed by atoms with Gasteiger partial charge in [-0.2, -0.15) is 72.8 Å². The van der Waals surface area contributed by atoms with Crippen LogP contribution in [-0.4, -0.2) is 0 Å². The molecule has 0 nitrogen and oxygen atoms in total. The maximum atomic E-state index is 3.07. The molecule has 3 aromatic rings. The fraction of sp³-hybridized carbons (Fsp3) is 0.100. The Bertz CT molecular complexity index is 428. The Hall–Kier alpha value is -0.132. The van der Waals surface area contributed by atoms with Crippen LogP contribution in [-0.2, 0) is 65.4 Å². The standard InChI is InChI=1S/C8H8.2C6H5.2Y/c1-7-3-5-8(2)6-4-7;2*1-2-4-6-5-3-1;;/h3,6H,1-2H3;2*1-5H;;/q-2;2*-1;;. The van der Waals surface area contributed by atoms with Crippen LogP contribution in [0.3, 0.4) is 0 Å². The van der Waals surface area contributed by atoms with E-state index in [9.17, 15) is 0 Å². The Morgan fingerprint density at radius 3 is 1.00 bits per heavy atom. The predicted octanol–water partition coefficient (Wildman–Crippen LogP) is 4.87. The molecule has 0 heterocycles. The summed E-state index contributed by atoms with van der Waals surface area (Å²) in [6, 6.07) is 35.0. The molecule has 0 fully saturated rings. The zero-order valence-electron chi connectivity index (χ0n) is 13.1. The van der Waals surface area contributed by atoms with Crippen molar-refractivity contribution in [3.8, 4) is 0 Å². The summed E-state index contributed by atoms with van der Waals surface area (Å²) in [5, 5.41) is 0. The summed E-state index contributed by atoms with van der Waals surface area (Å²) in [6.07, 6.45) is 0. The summed E-state index contributed by atoms with van der Waals surface area (Å²) in [7, 11) is 0. The van der Waals surface area contributed by atoms with Crippen molar-refractivity contribution >= 4 is 0 Å². The quantitative estimate of drug-likeness (QED) is 0.442. The van der Waals surface area contributed by atoms with E-state index in [1.807, 2.05) is 86.6 Å². The maximum Gasteiger partial charge on any atom is 0 e. The molecule has 0 bridgehead atoms. The Balaban J connectivity index is 0. The van der Waals surface area contributed by atoms with E-state index in [2.05, 4.69) is 24.3 Å². The van der Waals surface area contributed by atoms with Crippen LogP contribution in [0.4, 0.5) is 0 Å². The molecule has 0 amide bonds. The first-order chi connectivity index (χ1) is 9.79. The van der Waals surface area contributed by atoms with Crippen LogP contribution in [0.1, 0.15) is 11.1 Å². The SMILES string of the molecule is Cc1[c-]cc(C)[c-]c1.[Y].[Y].[c-]1ccccc1.[c-]1ccccc1. The zero-order chi connectivity index (χ0) is 14.5. The van der Waals surface area contributed by atoms with E-state index in [1.54, 1.807) is 0 Å². The van der Waals surface area contributed by atoms with Gasteiger partial charge in [-0.15, -0.1) is 13.8 Å². The maximum absolute atomic E-state index is 3.07. The summed E-state index contributed by atoms with van der Waals surface area (Å²) in [5.41, 5.74) is 2.30. The molecule has 0 aliphatic heterocycles. The number of rotatable bonds is 0. The minimum atomic E-state index is 0. The third-order valence-corrected chi connectivity index (χ3v) is 2.25. The monoisotopic (exact) mass is 436 g/mol. The van der Waals surface area contributed by atoms with Gasteiger partial charge in [0.05, 0.1) is 0 Å². The predicted molar refractivity (Wildman–Crippen MR) is 84.1 cm³/mol. The van der Waals surface area contributed by atoms with Gasteiger partial charge in [-0.25, -0.2) is 0 Å². The number of hydrogen-bond acceptors (Lipinski definition) is 0. The van der Waals surface area contributed by atoms with Gasteiger partial charge >= 0.3 is 0 Å². The molecule has 0 aromatic heterocycles. The molecule has 108 valence electrons. The van der Waals surface area contributed by atoms with Gasteiger partial charge in [0.1, 0.15) is 0 Å². The van der Waals surface area contributed by atoms with Crippen LogP contribution in [0.25, 0.3) is 0 Å². The molecule has 0 aliphatic rings. The van der Waals surface area contributed by atoms with Gasteiger partial charge < -0.3 is 12.1 Å². The second-order valence-electron chi connectivity index (χ2n) is 4.10. The normalized spacial score (nSPS) is 7.73. The van der Waals surface area contributed by atoms with Crippen molar-refractivity contribution in [1.29, 1.82) is 0 Å². The second-order valence-corrected chi connectivity index (χ2v) is 4.10. The molecule has 2 heteroatoms. The number of aryl methyl sites for hydroxylation is 2. The third-order valence-electron chi connectivity index (χ3n) is 2.25. The summed E-state index contributed by atoms with van der Waals surface area (Å²) in [6.45, 7) is 4.02. The van der Waals surface area contributed by atoms with Crippen molar-refractivity contribution in [2.24, 2.45) is 0 Å². The van der Waals surface area contributed by atoms with Crippen molar-refractivity contribution in [2.75, 3.05) is 0 Å². The van der Waals surface area contributed by atoms with Crippen LogP contribution in [0.2, 0.25) is 0 Å². The van der Waals surface area contributed by atoms with Crippen LogP contribution in [0.5, 0.6) is 0 Å².